The van der Waals surface area contributed by atoms with Gasteiger partial charge in [-0.05, 0) is 44.5 Å². The van der Waals surface area contributed by atoms with E-state index >= 15 is 0 Å². The molecule has 0 unspecified atom stereocenters. The van der Waals surface area contributed by atoms with Crippen molar-refractivity contribution in [3.8, 4) is 11.5 Å². The number of amides is 1. The van der Waals surface area contributed by atoms with Crippen molar-refractivity contribution in [1.82, 2.24) is 0 Å². The molecule has 2 rings (SSSR count). The first-order valence-corrected chi connectivity index (χ1v) is 10.5. The molecule has 0 saturated carbocycles. The van der Waals surface area contributed by atoms with Crippen LogP contribution in [0.1, 0.15) is 18.1 Å². The fourth-order valence-electron chi connectivity index (χ4n) is 2.94. The van der Waals surface area contributed by atoms with Crippen LogP contribution in [0.15, 0.2) is 36.4 Å². The minimum absolute atomic E-state index is 0.229. The van der Waals surface area contributed by atoms with Gasteiger partial charge in [0.2, 0.25) is 15.9 Å². The smallest absolute Gasteiger partial charge is 0.248 e. The summed E-state index contributed by atoms with van der Waals surface area (Å²) in [6.07, 6.45) is 1.05. The molecule has 7 nitrogen and oxygen atoms in total. The first-order chi connectivity index (χ1) is 13.1. The molecule has 1 atom stereocenters. The number of nitrogens with zero attached hydrogens (tertiary/aromatic N) is 1. The second-order valence-electron chi connectivity index (χ2n) is 6.58. The van der Waals surface area contributed by atoms with Crippen LogP contribution >= 0.6 is 0 Å². The first-order valence-electron chi connectivity index (χ1n) is 8.68. The van der Waals surface area contributed by atoms with Crippen LogP contribution < -0.4 is 19.1 Å². The van der Waals surface area contributed by atoms with Crippen LogP contribution in [-0.2, 0) is 14.8 Å². The summed E-state index contributed by atoms with van der Waals surface area (Å²) in [6, 6.07) is 9.39. The second-order valence-corrected chi connectivity index (χ2v) is 8.44. The molecule has 8 heteroatoms. The van der Waals surface area contributed by atoms with Gasteiger partial charge < -0.3 is 14.8 Å². The van der Waals surface area contributed by atoms with Crippen molar-refractivity contribution in [3.05, 3.63) is 47.5 Å². The average Bonchev–Trinajstić information content (AvgIpc) is 2.62. The number of hydrogen-bond donors (Lipinski definition) is 1. The van der Waals surface area contributed by atoms with Crippen LogP contribution in [0.25, 0.3) is 0 Å². The quantitative estimate of drug-likeness (QED) is 0.764. The summed E-state index contributed by atoms with van der Waals surface area (Å²) in [7, 11) is -0.876. The number of methoxy groups -OCH3 is 2. The summed E-state index contributed by atoms with van der Waals surface area (Å²) >= 11 is 0. The van der Waals surface area contributed by atoms with Gasteiger partial charge in [-0.3, -0.25) is 9.10 Å². The Labute approximate surface area is 166 Å². The number of nitrogens with one attached hydrogen (secondary N) is 1. The van der Waals surface area contributed by atoms with Gasteiger partial charge in [-0.1, -0.05) is 17.7 Å². The number of benzene rings is 2. The Morgan fingerprint density at radius 2 is 1.75 bits per heavy atom. The molecule has 2 aromatic carbocycles. The van der Waals surface area contributed by atoms with Crippen LogP contribution in [0.4, 0.5) is 11.4 Å². The summed E-state index contributed by atoms with van der Waals surface area (Å²) < 4.78 is 36.7. The predicted octanol–water partition coefficient (Wildman–Crippen LogP) is 3.11. The summed E-state index contributed by atoms with van der Waals surface area (Å²) in [4.78, 5) is 12.9. The number of sulfonamides is 1. The Balaban J connectivity index is 2.45. The van der Waals surface area contributed by atoms with Gasteiger partial charge in [-0.2, -0.15) is 0 Å². The summed E-state index contributed by atoms with van der Waals surface area (Å²) in [5, 5.41) is 2.81. The summed E-state index contributed by atoms with van der Waals surface area (Å²) in [6.45, 7) is 5.37. The number of ether oxygens (including phenoxy) is 2. The first kappa shape index (κ1) is 21.6. The molecule has 0 heterocycles. The van der Waals surface area contributed by atoms with Crippen LogP contribution in [0.5, 0.6) is 11.5 Å². The van der Waals surface area contributed by atoms with E-state index < -0.39 is 22.0 Å². The number of carbonyl (C=O) groups excluding carboxylic acids is 1. The monoisotopic (exact) mass is 406 g/mol. The normalized spacial score (nSPS) is 12.2. The van der Waals surface area contributed by atoms with E-state index in [9.17, 15) is 13.2 Å². The molecule has 0 spiro atoms. The van der Waals surface area contributed by atoms with E-state index in [0.717, 1.165) is 21.7 Å². The lowest BCUT2D eigenvalue weighted by Gasteiger charge is -2.29. The van der Waals surface area contributed by atoms with Crippen molar-refractivity contribution in [1.29, 1.82) is 0 Å². The molecular weight excluding hydrogens is 380 g/mol. The number of aryl methyl sites for hydroxylation is 2. The van der Waals surface area contributed by atoms with Crippen LogP contribution in [0.2, 0.25) is 0 Å². The predicted molar refractivity (Wildman–Crippen MR) is 111 cm³/mol. The van der Waals surface area contributed by atoms with Crippen molar-refractivity contribution in [2.45, 2.75) is 26.8 Å². The highest BCUT2D eigenvalue weighted by molar-refractivity contribution is 7.92. The molecule has 1 N–H and O–H groups in total. The minimum atomic E-state index is -3.79. The number of hydrogen-bond acceptors (Lipinski definition) is 5. The lowest BCUT2D eigenvalue weighted by atomic mass is 10.1. The van der Waals surface area contributed by atoms with E-state index in [-0.39, 0.29) is 5.69 Å². The van der Waals surface area contributed by atoms with Crippen LogP contribution in [0, 0.1) is 13.8 Å². The molecule has 0 radical (unpaired) electrons. The summed E-state index contributed by atoms with van der Waals surface area (Å²) in [5.41, 5.74) is 2.83. The highest BCUT2D eigenvalue weighted by Crippen LogP contribution is 2.35. The lowest BCUT2D eigenvalue weighted by molar-refractivity contribution is -0.116. The molecule has 0 saturated heterocycles. The molecule has 0 fully saturated rings. The van der Waals surface area contributed by atoms with E-state index in [1.54, 1.807) is 18.2 Å². The maximum Gasteiger partial charge on any atom is 0.248 e. The third-order valence-corrected chi connectivity index (χ3v) is 5.58. The zero-order valence-corrected chi connectivity index (χ0v) is 17.8. The van der Waals surface area contributed by atoms with E-state index in [2.05, 4.69) is 5.32 Å². The maximum absolute atomic E-state index is 12.9. The zero-order chi connectivity index (χ0) is 21.1. The number of rotatable bonds is 7. The van der Waals surface area contributed by atoms with E-state index in [1.807, 2.05) is 26.0 Å². The van der Waals surface area contributed by atoms with Gasteiger partial charge in [-0.15, -0.1) is 0 Å². The van der Waals surface area contributed by atoms with E-state index in [1.165, 1.54) is 27.2 Å². The topological polar surface area (TPSA) is 84.9 Å². The fourth-order valence-corrected chi connectivity index (χ4v) is 4.11. The molecule has 0 aromatic heterocycles. The molecule has 1 amide bonds. The van der Waals surface area contributed by atoms with Gasteiger partial charge in [0.15, 0.2) is 0 Å². The molecule has 152 valence electrons. The number of anilines is 2. The Bertz CT molecular complexity index is 973. The second kappa shape index (κ2) is 8.52. The van der Waals surface area contributed by atoms with Gasteiger partial charge in [0.25, 0.3) is 0 Å². The molecule has 2 aromatic rings. The lowest BCUT2D eigenvalue weighted by Crippen LogP contribution is -2.45. The molecule has 0 bridgehead atoms. The zero-order valence-electron chi connectivity index (χ0n) is 16.9. The standard InChI is InChI=1S/C20H26N2O5S/c1-13-7-9-17(14(2)11-13)21-20(23)15(3)22(28(6,24)25)18-12-16(26-4)8-10-19(18)27-5/h7-12,15H,1-6H3,(H,21,23)/t15-/m1/s1. The molecular formula is C20H26N2O5S. The van der Waals surface area contributed by atoms with Gasteiger partial charge in [0, 0.05) is 11.8 Å². The molecule has 0 aliphatic rings. The Morgan fingerprint density at radius 3 is 2.29 bits per heavy atom. The van der Waals surface area contributed by atoms with Gasteiger partial charge in [0.05, 0.1) is 26.2 Å². The van der Waals surface area contributed by atoms with Gasteiger partial charge >= 0.3 is 0 Å². The van der Waals surface area contributed by atoms with Gasteiger partial charge in [-0.25, -0.2) is 8.42 Å². The largest absolute Gasteiger partial charge is 0.497 e. The maximum atomic E-state index is 12.9. The van der Waals surface area contributed by atoms with Crippen molar-refractivity contribution >= 4 is 27.3 Å². The Hall–Kier alpha value is -2.74. The third kappa shape index (κ3) is 4.75. The van der Waals surface area contributed by atoms with Crippen molar-refractivity contribution in [2.75, 3.05) is 30.1 Å². The third-order valence-electron chi connectivity index (χ3n) is 4.35. The summed E-state index contributed by atoms with van der Waals surface area (Å²) in [5.74, 6) is 0.311. The van der Waals surface area contributed by atoms with E-state index in [4.69, 9.17) is 9.47 Å². The molecule has 28 heavy (non-hydrogen) atoms. The van der Waals surface area contributed by atoms with Crippen molar-refractivity contribution < 1.29 is 22.7 Å². The average molecular weight is 407 g/mol. The van der Waals surface area contributed by atoms with Crippen molar-refractivity contribution in [2.24, 2.45) is 0 Å². The van der Waals surface area contributed by atoms with Crippen LogP contribution in [0.3, 0.4) is 0 Å². The Morgan fingerprint density at radius 1 is 1.07 bits per heavy atom. The fraction of sp³-hybridized carbons (Fsp3) is 0.350. The highest BCUT2D eigenvalue weighted by Gasteiger charge is 2.32. The number of carbonyl (C=O) groups is 1. The van der Waals surface area contributed by atoms with Gasteiger partial charge in [0.1, 0.15) is 17.5 Å². The Kier molecular flexibility index (Phi) is 6.56. The minimum Gasteiger partial charge on any atom is -0.497 e. The highest BCUT2D eigenvalue weighted by atomic mass is 32.2. The van der Waals surface area contributed by atoms with E-state index in [0.29, 0.717) is 17.2 Å². The van der Waals surface area contributed by atoms with Crippen molar-refractivity contribution in [3.63, 3.8) is 0 Å². The molecule has 0 aliphatic carbocycles. The SMILES string of the molecule is COc1ccc(OC)c(N([C@H](C)C(=O)Nc2ccc(C)cc2C)S(C)(=O)=O)c1. The van der Waals surface area contributed by atoms with Crippen LogP contribution in [-0.4, -0.2) is 40.8 Å². The molecule has 0 aliphatic heterocycles.